The Bertz CT molecular complexity index is 371. The second-order valence-corrected chi connectivity index (χ2v) is 5.92. The normalized spacial score (nSPS) is 12.6. The van der Waals surface area contributed by atoms with E-state index in [0.29, 0.717) is 6.42 Å². The highest BCUT2D eigenvalue weighted by atomic mass is 79.9. The van der Waals surface area contributed by atoms with Crippen LogP contribution in [0.4, 0.5) is 4.39 Å². The van der Waals surface area contributed by atoms with Gasteiger partial charge < -0.3 is 0 Å². The second kappa shape index (κ2) is 9.45. The molecule has 0 aromatic heterocycles. The van der Waals surface area contributed by atoms with Crippen LogP contribution in [-0.4, -0.2) is 6.04 Å². The molecule has 1 atom stereocenters. The lowest BCUT2D eigenvalue weighted by Crippen LogP contribution is -2.36. The average molecular weight is 331 g/mol. The van der Waals surface area contributed by atoms with Gasteiger partial charge in [-0.25, -0.2) is 4.39 Å². The minimum atomic E-state index is -0.166. The van der Waals surface area contributed by atoms with Crippen molar-refractivity contribution in [2.24, 2.45) is 5.84 Å². The van der Waals surface area contributed by atoms with Crippen molar-refractivity contribution in [1.29, 1.82) is 0 Å². The van der Waals surface area contributed by atoms with E-state index in [-0.39, 0.29) is 11.9 Å². The Morgan fingerprint density at radius 2 is 2.00 bits per heavy atom. The van der Waals surface area contributed by atoms with Crippen LogP contribution in [0.2, 0.25) is 0 Å². The van der Waals surface area contributed by atoms with Crippen LogP contribution in [0.25, 0.3) is 0 Å². The highest BCUT2D eigenvalue weighted by Crippen LogP contribution is 2.18. The summed E-state index contributed by atoms with van der Waals surface area (Å²) in [5.74, 6) is 5.39. The first-order valence-electron chi connectivity index (χ1n) is 7.07. The van der Waals surface area contributed by atoms with Gasteiger partial charge in [-0.3, -0.25) is 11.3 Å². The molecular formula is C15H24BrFN2. The van der Waals surface area contributed by atoms with E-state index in [9.17, 15) is 4.39 Å². The molecule has 0 radical (unpaired) electrons. The van der Waals surface area contributed by atoms with Gasteiger partial charge >= 0.3 is 0 Å². The first-order valence-corrected chi connectivity index (χ1v) is 7.86. The van der Waals surface area contributed by atoms with Crippen LogP contribution in [0.15, 0.2) is 22.7 Å². The lowest BCUT2D eigenvalue weighted by molar-refractivity contribution is 0.453. The van der Waals surface area contributed by atoms with E-state index < -0.39 is 0 Å². The summed E-state index contributed by atoms with van der Waals surface area (Å²) in [4.78, 5) is 0. The highest BCUT2D eigenvalue weighted by Gasteiger charge is 2.11. The molecule has 0 saturated heterocycles. The van der Waals surface area contributed by atoms with Gasteiger partial charge in [-0.15, -0.1) is 0 Å². The van der Waals surface area contributed by atoms with Gasteiger partial charge in [-0.2, -0.15) is 0 Å². The smallest absolute Gasteiger partial charge is 0.127 e. The van der Waals surface area contributed by atoms with Gasteiger partial charge in [0.1, 0.15) is 5.82 Å². The quantitative estimate of drug-likeness (QED) is 0.402. The van der Waals surface area contributed by atoms with E-state index >= 15 is 0 Å². The fourth-order valence-electron chi connectivity index (χ4n) is 2.19. The minimum Gasteiger partial charge on any atom is -0.271 e. The largest absolute Gasteiger partial charge is 0.271 e. The standard InChI is InChI=1S/C15H24BrFN2/c1-2-3-4-5-6-7-14(19-18)10-12-8-9-13(16)11-15(12)17/h8-9,11,14,19H,2-7,10,18H2,1H3. The van der Waals surface area contributed by atoms with E-state index in [1.165, 1.54) is 31.7 Å². The maximum atomic E-state index is 13.7. The third-order valence-corrected chi connectivity index (χ3v) is 3.87. The summed E-state index contributed by atoms with van der Waals surface area (Å²) in [5, 5.41) is 0. The van der Waals surface area contributed by atoms with Crippen LogP contribution in [0.1, 0.15) is 51.0 Å². The summed E-state index contributed by atoms with van der Waals surface area (Å²) >= 11 is 3.27. The number of nitrogens with one attached hydrogen (secondary N) is 1. The van der Waals surface area contributed by atoms with Crippen molar-refractivity contribution >= 4 is 15.9 Å². The van der Waals surface area contributed by atoms with Gasteiger partial charge in [0.25, 0.3) is 0 Å². The monoisotopic (exact) mass is 330 g/mol. The summed E-state index contributed by atoms with van der Waals surface area (Å²) in [6.07, 6.45) is 7.84. The minimum absolute atomic E-state index is 0.150. The predicted molar refractivity (Wildman–Crippen MR) is 82.3 cm³/mol. The van der Waals surface area contributed by atoms with Gasteiger partial charge in [0.05, 0.1) is 0 Å². The van der Waals surface area contributed by atoms with E-state index in [0.717, 1.165) is 22.9 Å². The molecule has 0 saturated carbocycles. The van der Waals surface area contributed by atoms with Gasteiger partial charge in [0.2, 0.25) is 0 Å². The first-order chi connectivity index (χ1) is 9.17. The van der Waals surface area contributed by atoms with E-state index in [2.05, 4.69) is 28.3 Å². The number of hydrogen-bond acceptors (Lipinski definition) is 2. The summed E-state index contributed by atoms with van der Waals surface area (Å²) in [7, 11) is 0. The molecule has 0 aliphatic rings. The van der Waals surface area contributed by atoms with Crippen molar-refractivity contribution < 1.29 is 4.39 Å². The van der Waals surface area contributed by atoms with Gasteiger partial charge in [0.15, 0.2) is 0 Å². The van der Waals surface area contributed by atoms with Crippen molar-refractivity contribution in [1.82, 2.24) is 5.43 Å². The zero-order valence-corrected chi connectivity index (χ0v) is 13.2. The van der Waals surface area contributed by atoms with Crippen LogP contribution >= 0.6 is 15.9 Å². The predicted octanol–water partition coefficient (Wildman–Crippen LogP) is 4.32. The Hall–Kier alpha value is -0.450. The zero-order chi connectivity index (χ0) is 14.1. The van der Waals surface area contributed by atoms with Crippen LogP contribution in [0, 0.1) is 5.82 Å². The molecule has 1 aromatic carbocycles. The molecule has 0 amide bonds. The molecule has 19 heavy (non-hydrogen) atoms. The molecule has 0 spiro atoms. The van der Waals surface area contributed by atoms with Crippen LogP contribution in [0.5, 0.6) is 0 Å². The number of rotatable bonds is 9. The number of benzene rings is 1. The number of nitrogens with two attached hydrogens (primary N) is 1. The summed E-state index contributed by atoms with van der Waals surface area (Å²) < 4.78 is 14.5. The zero-order valence-electron chi connectivity index (χ0n) is 11.6. The third-order valence-electron chi connectivity index (χ3n) is 3.37. The van der Waals surface area contributed by atoms with Gasteiger partial charge in [-0.05, 0) is 30.5 Å². The Labute approximate surface area is 124 Å². The topological polar surface area (TPSA) is 38.0 Å². The lowest BCUT2D eigenvalue weighted by atomic mass is 10.00. The molecule has 108 valence electrons. The maximum Gasteiger partial charge on any atom is 0.127 e. The Morgan fingerprint density at radius 1 is 1.26 bits per heavy atom. The molecule has 0 aliphatic heterocycles. The van der Waals surface area contributed by atoms with Crippen molar-refractivity contribution in [2.45, 2.75) is 57.9 Å². The van der Waals surface area contributed by atoms with E-state index in [1.54, 1.807) is 0 Å². The molecule has 3 N–H and O–H groups in total. The Balaban J connectivity index is 2.39. The Kier molecular flexibility index (Phi) is 8.26. The first kappa shape index (κ1) is 16.6. The molecule has 0 fully saturated rings. The number of hydrazine groups is 1. The van der Waals surface area contributed by atoms with Gasteiger partial charge in [0, 0.05) is 10.5 Å². The maximum absolute atomic E-state index is 13.7. The average Bonchev–Trinajstić information content (AvgIpc) is 2.39. The SMILES string of the molecule is CCCCCCCC(Cc1ccc(Br)cc1F)NN. The number of unbranched alkanes of at least 4 members (excludes halogenated alkanes) is 4. The Morgan fingerprint density at radius 3 is 2.63 bits per heavy atom. The molecule has 1 rings (SSSR count). The van der Waals surface area contributed by atoms with Crippen molar-refractivity contribution in [3.63, 3.8) is 0 Å². The molecule has 0 heterocycles. The lowest BCUT2D eigenvalue weighted by Gasteiger charge is -2.16. The van der Waals surface area contributed by atoms with E-state index in [4.69, 9.17) is 5.84 Å². The molecule has 2 nitrogen and oxygen atoms in total. The van der Waals surface area contributed by atoms with Crippen molar-refractivity contribution in [3.05, 3.63) is 34.1 Å². The van der Waals surface area contributed by atoms with Crippen LogP contribution < -0.4 is 11.3 Å². The van der Waals surface area contributed by atoms with Crippen LogP contribution in [0.3, 0.4) is 0 Å². The summed E-state index contributed by atoms with van der Waals surface area (Å²) in [6.45, 7) is 2.21. The molecular weight excluding hydrogens is 307 g/mol. The van der Waals surface area contributed by atoms with Crippen molar-refractivity contribution in [2.75, 3.05) is 0 Å². The highest BCUT2D eigenvalue weighted by molar-refractivity contribution is 9.10. The van der Waals surface area contributed by atoms with Crippen LogP contribution in [-0.2, 0) is 6.42 Å². The molecule has 0 bridgehead atoms. The molecule has 4 heteroatoms. The van der Waals surface area contributed by atoms with Crippen molar-refractivity contribution in [3.8, 4) is 0 Å². The van der Waals surface area contributed by atoms with E-state index in [1.807, 2.05) is 12.1 Å². The number of halogens is 2. The fourth-order valence-corrected chi connectivity index (χ4v) is 2.52. The van der Waals surface area contributed by atoms with Gasteiger partial charge in [-0.1, -0.05) is 61.0 Å². The summed E-state index contributed by atoms with van der Waals surface area (Å²) in [6, 6.07) is 5.34. The molecule has 1 aromatic rings. The molecule has 0 aliphatic carbocycles. The number of hydrogen-bond donors (Lipinski definition) is 2. The fraction of sp³-hybridized carbons (Fsp3) is 0.600. The molecule has 1 unspecified atom stereocenters. The third kappa shape index (κ3) is 6.50. The second-order valence-electron chi connectivity index (χ2n) is 5.01. The summed E-state index contributed by atoms with van der Waals surface area (Å²) in [5.41, 5.74) is 3.53.